The van der Waals surface area contributed by atoms with E-state index in [1.165, 1.54) is 0 Å². The maximum absolute atomic E-state index is 11.1. The molecule has 19 heavy (non-hydrogen) atoms. The SMILES string of the molecule is Cc1cc(CNc2ccccc2C(=O)O)ccc1Br. The standard InChI is InChI=1S/C15H14BrNO2/c1-10-8-11(6-7-13(10)16)9-17-14-5-3-2-4-12(14)15(18)19/h2-8,17H,9H2,1H3,(H,18,19). The number of carboxylic acids is 1. The third kappa shape index (κ3) is 3.35. The van der Waals surface area contributed by atoms with E-state index in [0.717, 1.165) is 15.6 Å². The van der Waals surface area contributed by atoms with Crippen molar-refractivity contribution in [2.45, 2.75) is 13.5 Å². The lowest BCUT2D eigenvalue weighted by atomic mass is 10.1. The molecule has 0 saturated carbocycles. The minimum Gasteiger partial charge on any atom is -0.478 e. The van der Waals surface area contributed by atoms with Crippen LogP contribution in [0.1, 0.15) is 21.5 Å². The fourth-order valence-electron chi connectivity index (χ4n) is 1.84. The predicted octanol–water partition coefficient (Wildman–Crippen LogP) is 4.07. The van der Waals surface area contributed by atoms with Crippen LogP contribution < -0.4 is 5.32 Å². The number of rotatable bonds is 4. The Balaban J connectivity index is 2.14. The number of anilines is 1. The van der Waals surface area contributed by atoms with Gasteiger partial charge in [0.1, 0.15) is 0 Å². The highest BCUT2D eigenvalue weighted by Gasteiger charge is 2.08. The molecular weight excluding hydrogens is 306 g/mol. The second kappa shape index (κ2) is 5.89. The van der Waals surface area contributed by atoms with Crippen LogP contribution in [0.25, 0.3) is 0 Å². The summed E-state index contributed by atoms with van der Waals surface area (Å²) in [6.07, 6.45) is 0. The van der Waals surface area contributed by atoms with Gasteiger partial charge in [-0.15, -0.1) is 0 Å². The zero-order valence-electron chi connectivity index (χ0n) is 10.5. The number of halogens is 1. The highest BCUT2D eigenvalue weighted by molar-refractivity contribution is 9.10. The van der Waals surface area contributed by atoms with Crippen LogP contribution in [0.3, 0.4) is 0 Å². The second-order valence-electron chi connectivity index (χ2n) is 4.29. The Labute approximate surface area is 120 Å². The summed E-state index contributed by atoms with van der Waals surface area (Å²) in [6, 6.07) is 13.0. The molecule has 0 aliphatic heterocycles. The van der Waals surface area contributed by atoms with E-state index in [4.69, 9.17) is 5.11 Å². The zero-order valence-corrected chi connectivity index (χ0v) is 12.1. The molecule has 3 nitrogen and oxygen atoms in total. The molecule has 0 unspecified atom stereocenters. The highest BCUT2D eigenvalue weighted by atomic mass is 79.9. The van der Waals surface area contributed by atoms with Gasteiger partial charge in [0.2, 0.25) is 0 Å². The Morgan fingerprint density at radius 1 is 1.26 bits per heavy atom. The van der Waals surface area contributed by atoms with Gasteiger partial charge >= 0.3 is 5.97 Å². The van der Waals surface area contributed by atoms with Crippen molar-refractivity contribution < 1.29 is 9.90 Å². The van der Waals surface area contributed by atoms with Gasteiger partial charge in [-0.25, -0.2) is 4.79 Å². The molecule has 0 aromatic heterocycles. The van der Waals surface area contributed by atoms with Gasteiger partial charge < -0.3 is 10.4 Å². The first-order chi connectivity index (χ1) is 9.08. The third-order valence-electron chi connectivity index (χ3n) is 2.86. The molecule has 98 valence electrons. The lowest BCUT2D eigenvalue weighted by Gasteiger charge is -2.10. The van der Waals surface area contributed by atoms with Crippen LogP contribution in [-0.4, -0.2) is 11.1 Å². The van der Waals surface area contributed by atoms with Crippen LogP contribution in [0.15, 0.2) is 46.9 Å². The Kier molecular flexibility index (Phi) is 4.22. The van der Waals surface area contributed by atoms with Crippen LogP contribution >= 0.6 is 15.9 Å². The Morgan fingerprint density at radius 3 is 2.68 bits per heavy atom. The predicted molar refractivity (Wildman–Crippen MR) is 79.6 cm³/mol. The maximum atomic E-state index is 11.1. The lowest BCUT2D eigenvalue weighted by molar-refractivity contribution is 0.0698. The fourth-order valence-corrected chi connectivity index (χ4v) is 2.08. The van der Waals surface area contributed by atoms with Crippen LogP contribution in [0, 0.1) is 6.92 Å². The minimum atomic E-state index is -0.921. The molecule has 2 N–H and O–H groups in total. The number of carboxylic acid groups (broad SMARTS) is 1. The Morgan fingerprint density at radius 2 is 2.00 bits per heavy atom. The largest absolute Gasteiger partial charge is 0.478 e. The van der Waals surface area contributed by atoms with Crippen molar-refractivity contribution in [1.29, 1.82) is 0 Å². The normalized spacial score (nSPS) is 10.2. The molecule has 0 aliphatic rings. The van der Waals surface area contributed by atoms with Gasteiger partial charge in [-0.1, -0.05) is 40.2 Å². The van der Waals surface area contributed by atoms with E-state index in [9.17, 15) is 4.79 Å². The molecule has 0 atom stereocenters. The van der Waals surface area contributed by atoms with Gasteiger partial charge in [-0.3, -0.25) is 0 Å². The van der Waals surface area contributed by atoms with Crippen molar-refractivity contribution in [3.63, 3.8) is 0 Å². The van der Waals surface area contributed by atoms with Crippen molar-refractivity contribution >= 4 is 27.6 Å². The van der Waals surface area contributed by atoms with Crippen LogP contribution in [0.4, 0.5) is 5.69 Å². The molecule has 0 saturated heterocycles. The Hall–Kier alpha value is -1.81. The van der Waals surface area contributed by atoms with E-state index in [2.05, 4.69) is 27.3 Å². The topological polar surface area (TPSA) is 49.3 Å². The molecule has 2 aromatic carbocycles. The van der Waals surface area contributed by atoms with Crippen molar-refractivity contribution in [3.05, 3.63) is 63.6 Å². The first-order valence-electron chi connectivity index (χ1n) is 5.89. The third-order valence-corrected chi connectivity index (χ3v) is 3.75. The average molecular weight is 320 g/mol. The fraction of sp³-hybridized carbons (Fsp3) is 0.133. The number of hydrogen-bond acceptors (Lipinski definition) is 2. The van der Waals surface area contributed by atoms with E-state index in [0.29, 0.717) is 12.2 Å². The number of nitrogens with one attached hydrogen (secondary N) is 1. The van der Waals surface area contributed by atoms with E-state index < -0.39 is 5.97 Å². The quantitative estimate of drug-likeness (QED) is 0.893. The summed E-state index contributed by atoms with van der Waals surface area (Å²) in [6.45, 7) is 2.62. The number of benzene rings is 2. The zero-order chi connectivity index (χ0) is 13.8. The molecule has 2 aromatic rings. The maximum Gasteiger partial charge on any atom is 0.337 e. The summed E-state index contributed by atoms with van der Waals surface area (Å²) in [7, 11) is 0. The number of para-hydroxylation sites is 1. The molecular formula is C15H14BrNO2. The second-order valence-corrected chi connectivity index (χ2v) is 5.14. The number of hydrogen-bond donors (Lipinski definition) is 2. The van der Waals surface area contributed by atoms with Crippen molar-refractivity contribution in [3.8, 4) is 0 Å². The van der Waals surface area contributed by atoms with E-state index >= 15 is 0 Å². The lowest BCUT2D eigenvalue weighted by Crippen LogP contribution is -2.06. The summed E-state index contributed by atoms with van der Waals surface area (Å²) in [5.74, 6) is -0.921. The van der Waals surface area contributed by atoms with Crippen LogP contribution in [-0.2, 0) is 6.54 Å². The molecule has 0 aliphatic carbocycles. The molecule has 4 heteroatoms. The first kappa shape index (κ1) is 13.6. The van der Waals surface area contributed by atoms with Gasteiger partial charge in [0, 0.05) is 16.7 Å². The van der Waals surface area contributed by atoms with Gasteiger partial charge in [0.15, 0.2) is 0 Å². The monoisotopic (exact) mass is 319 g/mol. The van der Waals surface area contributed by atoms with Gasteiger partial charge in [0.25, 0.3) is 0 Å². The van der Waals surface area contributed by atoms with Crippen LogP contribution in [0.2, 0.25) is 0 Å². The molecule has 0 bridgehead atoms. The summed E-state index contributed by atoms with van der Waals surface area (Å²) < 4.78 is 1.07. The van der Waals surface area contributed by atoms with Gasteiger partial charge in [-0.05, 0) is 36.2 Å². The molecule has 0 radical (unpaired) electrons. The van der Waals surface area contributed by atoms with Crippen molar-refractivity contribution in [1.82, 2.24) is 0 Å². The molecule has 0 amide bonds. The van der Waals surface area contributed by atoms with E-state index in [1.54, 1.807) is 18.2 Å². The summed E-state index contributed by atoms with van der Waals surface area (Å²) in [5, 5.41) is 12.3. The molecule has 0 spiro atoms. The highest BCUT2D eigenvalue weighted by Crippen LogP contribution is 2.19. The number of aromatic carboxylic acids is 1. The van der Waals surface area contributed by atoms with Crippen molar-refractivity contribution in [2.75, 3.05) is 5.32 Å². The summed E-state index contributed by atoms with van der Waals surface area (Å²) in [4.78, 5) is 11.1. The smallest absolute Gasteiger partial charge is 0.337 e. The number of carbonyl (C=O) groups is 1. The Bertz CT molecular complexity index is 611. The van der Waals surface area contributed by atoms with Crippen LogP contribution in [0.5, 0.6) is 0 Å². The van der Waals surface area contributed by atoms with Crippen molar-refractivity contribution in [2.24, 2.45) is 0 Å². The molecule has 0 fully saturated rings. The van der Waals surface area contributed by atoms with E-state index in [-0.39, 0.29) is 5.56 Å². The molecule has 2 rings (SSSR count). The van der Waals surface area contributed by atoms with Gasteiger partial charge in [-0.2, -0.15) is 0 Å². The minimum absolute atomic E-state index is 0.288. The van der Waals surface area contributed by atoms with Gasteiger partial charge in [0.05, 0.1) is 5.56 Å². The van der Waals surface area contributed by atoms with E-state index in [1.807, 2.05) is 25.1 Å². The summed E-state index contributed by atoms with van der Waals surface area (Å²) in [5.41, 5.74) is 3.19. The first-order valence-corrected chi connectivity index (χ1v) is 6.68. The summed E-state index contributed by atoms with van der Waals surface area (Å²) >= 11 is 3.46. The average Bonchev–Trinajstić information content (AvgIpc) is 2.40. The number of aryl methyl sites for hydroxylation is 1. The molecule has 0 heterocycles.